The molecule has 1 aliphatic heterocycles. The Morgan fingerprint density at radius 2 is 1.74 bits per heavy atom. The first kappa shape index (κ1) is 16.3. The van der Waals surface area contributed by atoms with Crippen LogP contribution in [0.3, 0.4) is 0 Å². The third-order valence-electron chi connectivity index (χ3n) is 3.12. The molecule has 23 heavy (non-hydrogen) atoms. The second kappa shape index (κ2) is 7.28. The number of nitrogens with zero attached hydrogens (tertiary/aromatic N) is 2. The van der Waals surface area contributed by atoms with Gasteiger partial charge in [-0.15, -0.1) is 0 Å². The van der Waals surface area contributed by atoms with Crippen LogP contribution in [0.1, 0.15) is 12.5 Å². The van der Waals surface area contributed by atoms with Crippen LogP contribution in [-0.2, 0) is 4.74 Å². The summed E-state index contributed by atoms with van der Waals surface area (Å²) >= 11 is 0. The number of hydrogen-bond acceptors (Lipinski definition) is 5. The zero-order chi connectivity index (χ0) is 16.8. The highest BCUT2D eigenvalue weighted by molar-refractivity contribution is 6.58. The van der Waals surface area contributed by atoms with Gasteiger partial charge in [0.15, 0.2) is 0 Å². The summed E-state index contributed by atoms with van der Waals surface area (Å²) in [7, 11) is -1.49. The van der Waals surface area contributed by atoms with E-state index in [9.17, 15) is 0 Å². The third-order valence-corrected chi connectivity index (χ3v) is 3.12. The van der Waals surface area contributed by atoms with Gasteiger partial charge in [-0.3, -0.25) is 0 Å². The van der Waals surface area contributed by atoms with Crippen molar-refractivity contribution in [3.05, 3.63) is 70.7 Å². The second-order valence-corrected chi connectivity index (χ2v) is 4.83. The molecule has 1 heterocycles. The molecule has 0 fully saturated rings. The van der Waals surface area contributed by atoms with Gasteiger partial charge in [0.2, 0.25) is 0 Å². The first-order chi connectivity index (χ1) is 11.0. The monoisotopic (exact) mass is 304 g/mol. The Balaban J connectivity index is 2.24. The van der Waals surface area contributed by atoms with Gasteiger partial charge in [0.05, 0.1) is 0 Å². The molecule has 1 aromatic rings. The van der Waals surface area contributed by atoms with Crippen LogP contribution in [0.15, 0.2) is 65.2 Å². The van der Waals surface area contributed by atoms with Crippen molar-refractivity contribution in [1.82, 2.24) is 0 Å². The first-order valence-electron chi connectivity index (χ1n) is 6.80. The molecule has 2 rings (SSSR count). The minimum atomic E-state index is -1.49. The van der Waals surface area contributed by atoms with E-state index in [1.807, 2.05) is 12.1 Å². The quantitative estimate of drug-likeness (QED) is 0.652. The number of benzene rings is 1. The fourth-order valence-corrected chi connectivity index (χ4v) is 2.00. The molecule has 112 valence electrons. The number of hydrogen-bond donors (Lipinski definition) is 2. The van der Waals surface area contributed by atoms with Gasteiger partial charge in [0, 0.05) is 5.57 Å². The van der Waals surface area contributed by atoms with E-state index in [-0.39, 0.29) is 5.57 Å². The lowest BCUT2D eigenvalue weighted by atomic mass is 9.80. The van der Waals surface area contributed by atoms with E-state index in [0.717, 1.165) is 5.56 Å². The predicted molar refractivity (Wildman–Crippen MR) is 86.5 cm³/mol. The molecule has 0 saturated heterocycles. The maximum atomic E-state index is 9.05. The first-order valence-corrected chi connectivity index (χ1v) is 6.80. The van der Waals surface area contributed by atoms with E-state index in [2.05, 4.69) is 0 Å². The van der Waals surface area contributed by atoms with Crippen molar-refractivity contribution in [2.24, 2.45) is 0 Å². The summed E-state index contributed by atoms with van der Waals surface area (Å²) in [5.74, 6) is 1.10. The highest BCUT2D eigenvalue weighted by Gasteiger charge is 2.11. The Hall–Kier alpha value is -3.06. The largest absolute Gasteiger partial charge is 0.488 e. The van der Waals surface area contributed by atoms with Crippen molar-refractivity contribution >= 4 is 18.7 Å². The van der Waals surface area contributed by atoms with Crippen molar-refractivity contribution < 1.29 is 14.8 Å². The smallest absolute Gasteiger partial charge is 0.462 e. The topological polar surface area (TPSA) is 97.3 Å². The van der Waals surface area contributed by atoms with Crippen LogP contribution in [0, 0.1) is 22.7 Å². The van der Waals surface area contributed by atoms with E-state index >= 15 is 0 Å². The van der Waals surface area contributed by atoms with Gasteiger partial charge in [-0.1, -0.05) is 30.3 Å². The molecule has 0 spiro atoms. The standard InChI is InChI=1S/C17H13BN2O3/c1-12-8-14(15(10-19)11-20)9-17(23-12)7-4-13-2-5-16(6-3-13)18(21)22/h2-9,21-22H,1H3. The summed E-state index contributed by atoms with van der Waals surface area (Å²) in [6, 6.07) is 10.4. The molecular weight excluding hydrogens is 291 g/mol. The molecule has 0 amide bonds. The molecule has 1 aliphatic rings. The zero-order valence-electron chi connectivity index (χ0n) is 12.4. The molecule has 1 aromatic carbocycles. The van der Waals surface area contributed by atoms with Crippen LogP contribution in [0.2, 0.25) is 0 Å². The van der Waals surface area contributed by atoms with Crippen molar-refractivity contribution in [3.63, 3.8) is 0 Å². The molecule has 0 saturated carbocycles. The summed E-state index contributed by atoms with van der Waals surface area (Å²) in [5.41, 5.74) is 1.79. The minimum absolute atomic E-state index is 0.0276. The molecule has 0 radical (unpaired) electrons. The summed E-state index contributed by atoms with van der Waals surface area (Å²) in [4.78, 5) is 0. The third kappa shape index (κ3) is 4.21. The summed E-state index contributed by atoms with van der Waals surface area (Å²) < 4.78 is 5.54. The average Bonchev–Trinajstić information content (AvgIpc) is 2.54. The van der Waals surface area contributed by atoms with Crippen molar-refractivity contribution in [2.45, 2.75) is 6.92 Å². The fraction of sp³-hybridized carbons (Fsp3) is 0.0588. The number of allylic oxidation sites excluding steroid dienone is 6. The lowest BCUT2D eigenvalue weighted by molar-refractivity contribution is 0.318. The Morgan fingerprint density at radius 3 is 2.30 bits per heavy atom. The average molecular weight is 304 g/mol. The molecule has 2 N–H and O–H groups in total. The van der Waals surface area contributed by atoms with Crippen LogP contribution in [-0.4, -0.2) is 17.2 Å². The van der Waals surface area contributed by atoms with Crippen LogP contribution in [0.25, 0.3) is 6.08 Å². The number of rotatable bonds is 3. The van der Waals surface area contributed by atoms with Crippen LogP contribution < -0.4 is 5.46 Å². The molecule has 0 aliphatic carbocycles. The molecule has 0 aromatic heterocycles. The summed E-state index contributed by atoms with van der Waals surface area (Å²) in [5, 5.41) is 36.0. The van der Waals surface area contributed by atoms with Gasteiger partial charge in [-0.25, -0.2) is 0 Å². The van der Waals surface area contributed by atoms with Gasteiger partial charge < -0.3 is 14.8 Å². The number of nitriles is 2. The predicted octanol–water partition coefficient (Wildman–Crippen LogP) is 1.54. The Bertz CT molecular complexity index is 788. The molecule has 0 atom stereocenters. The lowest BCUT2D eigenvalue weighted by Gasteiger charge is -2.13. The van der Waals surface area contributed by atoms with Gasteiger partial charge in [0.1, 0.15) is 29.2 Å². The SMILES string of the molecule is CC1=CC(=C(C#N)C#N)C=C(C=Cc2ccc(B(O)O)cc2)O1. The van der Waals surface area contributed by atoms with Gasteiger partial charge in [-0.2, -0.15) is 10.5 Å². The number of ether oxygens (including phenoxy) is 1. The minimum Gasteiger partial charge on any atom is -0.462 e. The highest BCUT2D eigenvalue weighted by Crippen LogP contribution is 2.22. The van der Waals surface area contributed by atoms with Crippen molar-refractivity contribution in [1.29, 1.82) is 10.5 Å². The molecular formula is C17H13BN2O3. The zero-order valence-corrected chi connectivity index (χ0v) is 12.4. The van der Waals surface area contributed by atoms with E-state index in [4.69, 9.17) is 25.3 Å². The van der Waals surface area contributed by atoms with Gasteiger partial charge in [0.25, 0.3) is 0 Å². The van der Waals surface area contributed by atoms with E-state index in [1.54, 1.807) is 55.5 Å². The van der Waals surface area contributed by atoms with Crippen molar-refractivity contribution in [2.75, 3.05) is 0 Å². The van der Waals surface area contributed by atoms with Gasteiger partial charge in [-0.05, 0) is 36.2 Å². The molecule has 0 bridgehead atoms. The van der Waals surface area contributed by atoms with Crippen molar-refractivity contribution in [3.8, 4) is 12.1 Å². The molecule has 6 heteroatoms. The van der Waals surface area contributed by atoms with Crippen LogP contribution in [0.5, 0.6) is 0 Å². The second-order valence-electron chi connectivity index (χ2n) is 4.83. The lowest BCUT2D eigenvalue weighted by Crippen LogP contribution is -2.29. The van der Waals surface area contributed by atoms with E-state index in [0.29, 0.717) is 22.6 Å². The fourth-order valence-electron chi connectivity index (χ4n) is 2.00. The van der Waals surface area contributed by atoms with E-state index in [1.165, 1.54) is 0 Å². The van der Waals surface area contributed by atoms with Crippen LogP contribution >= 0.6 is 0 Å². The van der Waals surface area contributed by atoms with E-state index < -0.39 is 7.12 Å². The maximum Gasteiger partial charge on any atom is 0.488 e. The molecule has 5 nitrogen and oxygen atoms in total. The van der Waals surface area contributed by atoms with Gasteiger partial charge >= 0.3 is 7.12 Å². The maximum absolute atomic E-state index is 9.05. The summed E-state index contributed by atoms with van der Waals surface area (Å²) in [6.45, 7) is 1.74. The Kier molecular flexibility index (Phi) is 5.17. The summed E-state index contributed by atoms with van der Waals surface area (Å²) in [6.07, 6.45) is 6.76. The highest BCUT2D eigenvalue weighted by atomic mass is 16.5. The normalized spacial score (nSPS) is 13.5. The Labute approximate surface area is 134 Å². The Morgan fingerprint density at radius 1 is 1.09 bits per heavy atom. The molecule has 0 unspecified atom stereocenters. The van der Waals surface area contributed by atoms with Crippen LogP contribution in [0.4, 0.5) is 0 Å².